The summed E-state index contributed by atoms with van der Waals surface area (Å²) < 4.78 is 16.2. The maximum absolute atomic E-state index is 14.4. The Morgan fingerprint density at radius 2 is 1.83 bits per heavy atom. The molecular formula is C25H25FN8S. The second-order valence-corrected chi connectivity index (χ2v) is 9.60. The first kappa shape index (κ1) is 21.7. The Morgan fingerprint density at radius 3 is 2.63 bits per heavy atom. The van der Waals surface area contributed by atoms with Crippen molar-refractivity contribution in [1.82, 2.24) is 24.6 Å². The van der Waals surface area contributed by atoms with E-state index in [1.165, 1.54) is 6.07 Å². The molecule has 1 fully saturated rings. The van der Waals surface area contributed by atoms with Crippen LogP contribution in [0.3, 0.4) is 0 Å². The second-order valence-electron chi connectivity index (χ2n) is 8.73. The number of fused-ring (bicyclic) bond motifs is 2. The Labute approximate surface area is 206 Å². The number of benzene rings is 1. The summed E-state index contributed by atoms with van der Waals surface area (Å²) in [7, 11) is 0. The summed E-state index contributed by atoms with van der Waals surface area (Å²) in [5.74, 6) is 1.50. The molecule has 0 amide bonds. The van der Waals surface area contributed by atoms with Crippen LogP contribution in [-0.2, 0) is 0 Å². The van der Waals surface area contributed by atoms with Gasteiger partial charge in [-0.1, -0.05) is 0 Å². The van der Waals surface area contributed by atoms with Gasteiger partial charge < -0.3 is 15.1 Å². The Morgan fingerprint density at radius 1 is 1.00 bits per heavy atom. The van der Waals surface area contributed by atoms with Gasteiger partial charge in [0.2, 0.25) is 0 Å². The van der Waals surface area contributed by atoms with Crippen LogP contribution in [0.1, 0.15) is 24.1 Å². The van der Waals surface area contributed by atoms with Crippen LogP contribution < -0.4 is 15.1 Å². The van der Waals surface area contributed by atoms with Gasteiger partial charge in [-0.15, -0.1) is 11.3 Å². The number of halogens is 1. The fraction of sp³-hybridized carbons (Fsp3) is 0.280. The van der Waals surface area contributed by atoms with Crippen molar-refractivity contribution in [3.05, 3.63) is 71.2 Å². The van der Waals surface area contributed by atoms with E-state index in [9.17, 15) is 4.39 Å². The van der Waals surface area contributed by atoms with E-state index in [-0.39, 0.29) is 11.9 Å². The summed E-state index contributed by atoms with van der Waals surface area (Å²) in [6.07, 6.45) is 5.35. The lowest BCUT2D eigenvalue weighted by molar-refractivity contribution is 0.620. The van der Waals surface area contributed by atoms with Crippen LogP contribution in [-0.4, -0.2) is 50.7 Å². The van der Waals surface area contributed by atoms with Crippen molar-refractivity contribution in [2.24, 2.45) is 0 Å². The molecule has 10 heteroatoms. The zero-order valence-electron chi connectivity index (χ0n) is 19.5. The average molecular weight is 489 g/mol. The third kappa shape index (κ3) is 3.93. The van der Waals surface area contributed by atoms with Gasteiger partial charge >= 0.3 is 0 Å². The SMILES string of the molecule is Cc1c(F)ccc2cc([C@H](C)Nc3ccnc4ccnn34)c(N3CCN(c4nccs4)CC3)nc12. The van der Waals surface area contributed by atoms with Crippen molar-refractivity contribution in [3.8, 4) is 0 Å². The summed E-state index contributed by atoms with van der Waals surface area (Å²) in [6, 6.07) is 9.18. The summed E-state index contributed by atoms with van der Waals surface area (Å²) in [6.45, 7) is 7.24. The molecule has 5 heterocycles. The van der Waals surface area contributed by atoms with Crippen LogP contribution in [0.15, 0.2) is 54.3 Å². The molecule has 0 spiro atoms. The minimum Gasteiger partial charge on any atom is -0.363 e. The van der Waals surface area contributed by atoms with E-state index in [1.54, 1.807) is 35.2 Å². The van der Waals surface area contributed by atoms with Crippen molar-refractivity contribution < 1.29 is 4.39 Å². The lowest BCUT2D eigenvalue weighted by Crippen LogP contribution is -2.47. The molecule has 1 aliphatic heterocycles. The number of aryl methyl sites for hydroxylation is 1. The Bertz CT molecular complexity index is 1490. The predicted octanol–water partition coefficient (Wildman–Crippen LogP) is 4.68. The van der Waals surface area contributed by atoms with Crippen molar-refractivity contribution >= 4 is 44.7 Å². The number of hydrogen-bond acceptors (Lipinski definition) is 8. The molecule has 1 aliphatic rings. The van der Waals surface area contributed by atoms with Gasteiger partial charge in [-0.2, -0.15) is 9.61 Å². The maximum Gasteiger partial charge on any atom is 0.185 e. The molecule has 5 aromatic rings. The van der Waals surface area contributed by atoms with E-state index in [2.05, 4.69) is 43.2 Å². The van der Waals surface area contributed by atoms with E-state index >= 15 is 0 Å². The van der Waals surface area contributed by atoms with E-state index in [0.29, 0.717) is 11.1 Å². The van der Waals surface area contributed by atoms with Crippen LogP contribution in [0.25, 0.3) is 16.6 Å². The summed E-state index contributed by atoms with van der Waals surface area (Å²) in [5.41, 5.74) is 3.12. The largest absolute Gasteiger partial charge is 0.363 e. The fourth-order valence-corrected chi connectivity index (χ4v) is 5.36. The Kier molecular flexibility index (Phi) is 5.44. The molecule has 0 bridgehead atoms. The highest BCUT2D eigenvalue weighted by atomic mass is 32.1. The lowest BCUT2D eigenvalue weighted by atomic mass is 10.0. The molecule has 0 radical (unpaired) electrons. The van der Waals surface area contributed by atoms with E-state index in [0.717, 1.165) is 59.5 Å². The maximum atomic E-state index is 14.4. The minimum atomic E-state index is -0.235. The molecule has 1 atom stereocenters. The lowest BCUT2D eigenvalue weighted by Gasteiger charge is -2.37. The third-order valence-corrected chi connectivity index (χ3v) is 7.41. The number of rotatable bonds is 5. The van der Waals surface area contributed by atoms with Crippen LogP contribution in [0.2, 0.25) is 0 Å². The molecular weight excluding hydrogens is 463 g/mol. The van der Waals surface area contributed by atoms with Crippen LogP contribution >= 0.6 is 11.3 Å². The standard InChI is InChI=1S/C25H25FN8S/c1-16-20(26)4-3-18-15-19(17(2)30-22-5-7-27-21-6-8-29-34(21)22)24(31-23(16)18)32-10-12-33(13-11-32)25-28-9-14-35-25/h3-9,14-15,17,30H,10-13H2,1-2H3/t17-/m0/s1. The van der Waals surface area contributed by atoms with Gasteiger partial charge in [-0.25, -0.2) is 19.3 Å². The number of piperazine rings is 1. The fourth-order valence-electron chi connectivity index (χ4n) is 4.66. The summed E-state index contributed by atoms with van der Waals surface area (Å²) >= 11 is 1.66. The van der Waals surface area contributed by atoms with Crippen molar-refractivity contribution in [2.45, 2.75) is 19.9 Å². The van der Waals surface area contributed by atoms with E-state index < -0.39 is 0 Å². The first-order chi connectivity index (χ1) is 17.1. The smallest absolute Gasteiger partial charge is 0.185 e. The normalized spacial score (nSPS) is 15.2. The highest BCUT2D eigenvalue weighted by Crippen LogP contribution is 2.33. The molecule has 4 aromatic heterocycles. The molecule has 0 unspecified atom stereocenters. The van der Waals surface area contributed by atoms with Crippen LogP contribution in [0.4, 0.5) is 21.2 Å². The third-order valence-electron chi connectivity index (χ3n) is 6.57. The number of hydrogen-bond donors (Lipinski definition) is 1. The van der Waals surface area contributed by atoms with Gasteiger partial charge in [0, 0.05) is 66.5 Å². The van der Waals surface area contributed by atoms with Crippen molar-refractivity contribution in [1.29, 1.82) is 0 Å². The van der Waals surface area contributed by atoms with Gasteiger partial charge in [-0.3, -0.25) is 0 Å². The summed E-state index contributed by atoms with van der Waals surface area (Å²) in [4.78, 5) is 18.5. The Hall–Kier alpha value is -3.79. The second kappa shape index (κ2) is 8.77. The van der Waals surface area contributed by atoms with E-state index in [4.69, 9.17) is 4.98 Å². The first-order valence-corrected chi connectivity index (χ1v) is 12.5. The molecule has 1 aromatic carbocycles. The molecule has 6 rings (SSSR count). The highest BCUT2D eigenvalue weighted by molar-refractivity contribution is 7.13. The van der Waals surface area contributed by atoms with Crippen molar-refractivity contribution in [2.75, 3.05) is 41.3 Å². The molecule has 178 valence electrons. The molecule has 1 saturated heterocycles. The molecule has 0 aliphatic carbocycles. The summed E-state index contributed by atoms with van der Waals surface area (Å²) in [5, 5.41) is 12.0. The number of anilines is 3. The number of nitrogens with one attached hydrogen (secondary N) is 1. The van der Waals surface area contributed by atoms with Crippen LogP contribution in [0.5, 0.6) is 0 Å². The zero-order valence-corrected chi connectivity index (χ0v) is 20.3. The zero-order chi connectivity index (χ0) is 23.9. The quantitative estimate of drug-likeness (QED) is 0.385. The van der Waals surface area contributed by atoms with Gasteiger partial charge in [0.25, 0.3) is 0 Å². The number of pyridine rings is 1. The molecule has 0 saturated carbocycles. The Balaban J connectivity index is 1.37. The number of aromatic nitrogens is 5. The van der Waals surface area contributed by atoms with Crippen LogP contribution in [0, 0.1) is 12.7 Å². The highest BCUT2D eigenvalue weighted by Gasteiger charge is 2.25. The topological polar surface area (TPSA) is 74.5 Å². The van der Waals surface area contributed by atoms with Gasteiger partial charge in [0.15, 0.2) is 10.8 Å². The number of nitrogens with zero attached hydrogens (tertiary/aromatic N) is 7. The number of thiazole rings is 1. The van der Waals surface area contributed by atoms with Crippen molar-refractivity contribution in [3.63, 3.8) is 0 Å². The van der Waals surface area contributed by atoms with Gasteiger partial charge in [0.1, 0.15) is 17.5 Å². The van der Waals surface area contributed by atoms with Gasteiger partial charge in [-0.05, 0) is 38.1 Å². The molecule has 1 N–H and O–H groups in total. The molecule has 35 heavy (non-hydrogen) atoms. The molecule has 8 nitrogen and oxygen atoms in total. The monoisotopic (exact) mass is 488 g/mol. The predicted molar refractivity (Wildman–Crippen MR) is 138 cm³/mol. The van der Waals surface area contributed by atoms with E-state index in [1.807, 2.05) is 29.8 Å². The first-order valence-electron chi connectivity index (χ1n) is 11.6. The average Bonchev–Trinajstić information content (AvgIpc) is 3.59. The van der Waals surface area contributed by atoms with Gasteiger partial charge in [0.05, 0.1) is 17.8 Å². The minimum absolute atomic E-state index is 0.0703.